The number of nitrogens with zero attached hydrogens (tertiary/aromatic N) is 1. The summed E-state index contributed by atoms with van der Waals surface area (Å²) in [6.45, 7) is 2.19. The first-order valence-corrected chi connectivity index (χ1v) is 6.82. The fraction of sp³-hybridized carbons (Fsp3) is 0.533. The number of aliphatic hydroxyl groups excluding tert-OH is 1. The number of benzene rings is 1. The molecule has 2 rings (SSSR count). The molecule has 0 spiro atoms. The van der Waals surface area contributed by atoms with Gasteiger partial charge in [0.05, 0.1) is 18.2 Å². The van der Waals surface area contributed by atoms with Crippen molar-refractivity contribution >= 4 is 5.91 Å². The first-order chi connectivity index (χ1) is 9.15. The molecule has 0 bridgehead atoms. The Morgan fingerprint density at radius 2 is 2.21 bits per heavy atom. The number of hydrogen-bond acceptors (Lipinski definition) is 2. The maximum absolute atomic E-state index is 14.0. The zero-order valence-corrected chi connectivity index (χ0v) is 11.2. The number of rotatable bonds is 2. The average molecular weight is 265 g/mol. The van der Waals surface area contributed by atoms with Crippen molar-refractivity contribution < 1.29 is 14.3 Å². The van der Waals surface area contributed by atoms with Crippen molar-refractivity contribution in [2.75, 3.05) is 13.2 Å². The molecule has 0 radical (unpaired) electrons. The van der Waals surface area contributed by atoms with Gasteiger partial charge in [0.15, 0.2) is 0 Å². The van der Waals surface area contributed by atoms with Crippen molar-refractivity contribution in [2.45, 2.75) is 38.6 Å². The van der Waals surface area contributed by atoms with Crippen molar-refractivity contribution in [1.29, 1.82) is 0 Å². The second-order valence-corrected chi connectivity index (χ2v) is 5.12. The number of likely N-dealkylation sites (tertiary alicyclic amines) is 1. The van der Waals surface area contributed by atoms with E-state index in [4.69, 9.17) is 0 Å². The van der Waals surface area contributed by atoms with E-state index in [-0.39, 0.29) is 24.1 Å². The Bertz CT molecular complexity index is 461. The molecular formula is C15H20FNO2. The topological polar surface area (TPSA) is 40.5 Å². The van der Waals surface area contributed by atoms with Crippen molar-refractivity contribution in [3.8, 4) is 0 Å². The van der Waals surface area contributed by atoms with Gasteiger partial charge in [-0.3, -0.25) is 4.79 Å². The predicted molar refractivity (Wildman–Crippen MR) is 71.5 cm³/mol. The van der Waals surface area contributed by atoms with Gasteiger partial charge in [-0.25, -0.2) is 4.39 Å². The lowest BCUT2D eigenvalue weighted by Gasteiger charge is -2.29. The number of carbonyl (C=O) groups is 1. The van der Waals surface area contributed by atoms with Crippen LogP contribution in [0.1, 0.15) is 41.6 Å². The minimum Gasteiger partial charge on any atom is -0.394 e. The third kappa shape index (κ3) is 2.95. The van der Waals surface area contributed by atoms with Crippen LogP contribution in [-0.2, 0) is 0 Å². The molecule has 0 saturated carbocycles. The van der Waals surface area contributed by atoms with Crippen LogP contribution >= 0.6 is 0 Å². The molecule has 4 heteroatoms. The van der Waals surface area contributed by atoms with Crippen LogP contribution in [0.2, 0.25) is 0 Å². The van der Waals surface area contributed by atoms with Crippen LogP contribution in [0.5, 0.6) is 0 Å². The second-order valence-electron chi connectivity index (χ2n) is 5.12. The standard InChI is InChI=1S/C15H20FNO2/c1-11-6-5-8-13(14(11)16)15(19)17-9-4-2-3-7-12(17)10-18/h5-6,8,12,18H,2-4,7,9-10H2,1H3. The van der Waals surface area contributed by atoms with Gasteiger partial charge in [0.2, 0.25) is 0 Å². The lowest BCUT2D eigenvalue weighted by molar-refractivity contribution is 0.0595. The summed E-state index contributed by atoms with van der Waals surface area (Å²) in [5.41, 5.74) is 0.585. The third-order valence-electron chi connectivity index (χ3n) is 3.77. The number of aliphatic hydroxyl groups is 1. The minimum atomic E-state index is -0.451. The van der Waals surface area contributed by atoms with Gasteiger partial charge < -0.3 is 10.0 Å². The normalized spacial score (nSPS) is 20.2. The van der Waals surface area contributed by atoms with Crippen LogP contribution < -0.4 is 0 Å². The summed E-state index contributed by atoms with van der Waals surface area (Å²) in [6.07, 6.45) is 3.76. The first kappa shape index (κ1) is 14.0. The summed E-state index contributed by atoms with van der Waals surface area (Å²) in [5.74, 6) is -0.754. The molecule has 1 aliphatic rings. The second kappa shape index (κ2) is 6.15. The summed E-state index contributed by atoms with van der Waals surface area (Å²) < 4.78 is 14.0. The lowest BCUT2D eigenvalue weighted by Crippen LogP contribution is -2.42. The van der Waals surface area contributed by atoms with Crippen LogP contribution in [0.4, 0.5) is 4.39 Å². The molecule has 19 heavy (non-hydrogen) atoms. The molecule has 1 amide bonds. The van der Waals surface area contributed by atoms with Gasteiger partial charge in [0.1, 0.15) is 5.82 Å². The molecule has 1 atom stereocenters. The van der Waals surface area contributed by atoms with E-state index in [1.807, 2.05) is 0 Å². The van der Waals surface area contributed by atoms with Crippen LogP contribution in [0, 0.1) is 12.7 Å². The molecule has 104 valence electrons. The summed E-state index contributed by atoms with van der Waals surface area (Å²) in [5, 5.41) is 9.42. The quantitative estimate of drug-likeness (QED) is 0.892. The van der Waals surface area contributed by atoms with Gasteiger partial charge in [0, 0.05) is 6.54 Å². The highest BCUT2D eigenvalue weighted by molar-refractivity contribution is 5.95. The Kier molecular flexibility index (Phi) is 4.53. The van der Waals surface area contributed by atoms with Crippen LogP contribution in [0.3, 0.4) is 0 Å². The molecule has 1 saturated heterocycles. The predicted octanol–water partition coefficient (Wildman–Crippen LogP) is 2.51. The Hall–Kier alpha value is -1.42. The average Bonchev–Trinajstić information content (AvgIpc) is 2.66. The highest BCUT2D eigenvalue weighted by Gasteiger charge is 2.27. The Morgan fingerprint density at radius 1 is 1.42 bits per heavy atom. The highest BCUT2D eigenvalue weighted by atomic mass is 19.1. The van der Waals surface area contributed by atoms with Gasteiger partial charge >= 0.3 is 0 Å². The monoisotopic (exact) mass is 265 g/mol. The minimum absolute atomic E-state index is 0.0564. The van der Waals surface area contributed by atoms with E-state index in [1.165, 1.54) is 6.07 Å². The summed E-state index contributed by atoms with van der Waals surface area (Å²) in [6, 6.07) is 4.68. The molecular weight excluding hydrogens is 245 g/mol. The molecule has 1 unspecified atom stereocenters. The largest absolute Gasteiger partial charge is 0.394 e. The molecule has 3 nitrogen and oxygen atoms in total. The maximum atomic E-state index is 14.0. The molecule has 1 aromatic rings. The van der Waals surface area contributed by atoms with Gasteiger partial charge in [-0.1, -0.05) is 25.0 Å². The number of hydrogen-bond donors (Lipinski definition) is 1. The van der Waals surface area contributed by atoms with E-state index in [9.17, 15) is 14.3 Å². The van der Waals surface area contributed by atoms with E-state index in [0.29, 0.717) is 12.1 Å². The van der Waals surface area contributed by atoms with Gasteiger partial charge in [-0.2, -0.15) is 0 Å². The maximum Gasteiger partial charge on any atom is 0.257 e. The third-order valence-corrected chi connectivity index (χ3v) is 3.77. The molecule has 0 aromatic heterocycles. The molecule has 1 aliphatic heterocycles. The zero-order chi connectivity index (χ0) is 13.8. The molecule has 1 aromatic carbocycles. The molecule has 1 heterocycles. The van der Waals surface area contributed by atoms with Gasteiger partial charge in [-0.05, 0) is 31.4 Å². The lowest BCUT2D eigenvalue weighted by atomic mass is 10.1. The Balaban J connectivity index is 2.28. The van der Waals surface area contributed by atoms with E-state index in [2.05, 4.69) is 0 Å². The molecule has 0 aliphatic carbocycles. The number of aryl methyl sites for hydroxylation is 1. The van der Waals surface area contributed by atoms with Gasteiger partial charge in [0.25, 0.3) is 5.91 Å². The summed E-state index contributed by atoms with van der Waals surface area (Å²) in [7, 11) is 0. The SMILES string of the molecule is Cc1cccc(C(=O)N2CCCCCC2CO)c1F. The Morgan fingerprint density at radius 3 is 2.95 bits per heavy atom. The van der Waals surface area contributed by atoms with Crippen molar-refractivity contribution in [2.24, 2.45) is 0 Å². The first-order valence-electron chi connectivity index (χ1n) is 6.82. The van der Waals surface area contributed by atoms with Crippen LogP contribution in [0.25, 0.3) is 0 Å². The van der Waals surface area contributed by atoms with Crippen molar-refractivity contribution in [3.05, 3.63) is 35.1 Å². The molecule has 1 fully saturated rings. The molecule has 1 N–H and O–H groups in total. The number of carbonyl (C=O) groups excluding carboxylic acids is 1. The smallest absolute Gasteiger partial charge is 0.257 e. The van der Waals surface area contributed by atoms with E-state index >= 15 is 0 Å². The highest BCUT2D eigenvalue weighted by Crippen LogP contribution is 2.21. The van der Waals surface area contributed by atoms with E-state index < -0.39 is 5.82 Å². The van der Waals surface area contributed by atoms with Crippen molar-refractivity contribution in [1.82, 2.24) is 4.90 Å². The van der Waals surface area contributed by atoms with E-state index in [0.717, 1.165) is 25.7 Å². The van der Waals surface area contributed by atoms with E-state index in [1.54, 1.807) is 24.0 Å². The number of amides is 1. The van der Waals surface area contributed by atoms with Crippen LogP contribution in [0.15, 0.2) is 18.2 Å². The van der Waals surface area contributed by atoms with Gasteiger partial charge in [-0.15, -0.1) is 0 Å². The zero-order valence-electron chi connectivity index (χ0n) is 11.2. The summed E-state index contributed by atoms with van der Waals surface area (Å²) >= 11 is 0. The van der Waals surface area contributed by atoms with Crippen molar-refractivity contribution in [3.63, 3.8) is 0 Å². The number of halogens is 1. The fourth-order valence-electron chi connectivity index (χ4n) is 2.60. The van der Waals surface area contributed by atoms with Crippen LogP contribution in [-0.4, -0.2) is 35.1 Å². The Labute approximate surface area is 113 Å². The summed E-state index contributed by atoms with van der Waals surface area (Å²) in [4.78, 5) is 14.1. The fourth-order valence-corrected chi connectivity index (χ4v) is 2.60.